The van der Waals surface area contributed by atoms with Gasteiger partial charge < -0.3 is 5.32 Å². The van der Waals surface area contributed by atoms with Gasteiger partial charge in [0, 0.05) is 41.3 Å². The zero-order chi connectivity index (χ0) is 23.3. The maximum atomic E-state index is 14.1. The van der Waals surface area contributed by atoms with Crippen molar-refractivity contribution in [3.05, 3.63) is 59.0 Å². The second-order valence-electron chi connectivity index (χ2n) is 8.55. The molecule has 3 heterocycles. The Morgan fingerprint density at radius 2 is 2.03 bits per heavy atom. The summed E-state index contributed by atoms with van der Waals surface area (Å²) in [4.78, 5) is 14.9. The molecule has 8 nitrogen and oxygen atoms in total. The zero-order valence-corrected chi connectivity index (χ0v) is 19.8. The Labute approximate surface area is 195 Å². The van der Waals surface area contributed by atoms with Crippen LogP contribution in [0.25, 0.3) is 10.4 Å². The SMILES string of the molecule is CN1[C@@H](C(=O)Nc2ccc(F)c(C3CC3)c2)C[C@@H](c2ccc(-c3cnn(C)c3)s2)NS1(=O)=O. The van der Waals surface area contributed by atoms with E-state index in [9.17, 15) is 17.6 Å². The zero-order valence-electron chi connectivity index (χ0n) is 18.2. The van der Waals surface area contributed by atoms with Crippen molar-refractivity contribution >= 4 is 33.1 Å². The summed E-state index contributed by atoms with van der Waals surface area (Å²) in [6.45, 7) is 0. The van der Waals surface area contributed by atoms with Gasteiger partial charge in [-0.3, -0.25) is 9.48 Å². The monoisotopic (exact) mass is 489 g/mol. The summed E-state index contributed by atoms with van der Waals surface area (Å²) in [5, 5.41) is 6.97. The first-order valence-corrected chi connectivity index (χ1v) is 12.9. The van der Waals surface area contributed by atoms with Crippen molar-refractivity contribution in [1.29, 1.82) is 0 Å². The third-order valence-electron chi connectivity index (χ3n) is 6.11. The molecule has 2 fully saturated rings. The van der Waals surface area contributed by atoms with Crippen molar-refractivity contribution in [2.45, 2.75) is 37.3 Å². The number of carbonyl (C=O) groups is 1. The minimum absolute atomic E-state index is 0.195. The van der Waals surface area contributed by atoms with Gasteiger partial charge in [-0.15, -0.1) is 11.3 Å². The molecule has 2 aliphatic rings. The van der Waals surface area contributed by atoms with Crippen LogP contribution in [-0.2, 0) is 22.1 Å². The van der Waals surface area contributed by atoms with Crippen LogP contribution in [0.1, 0.15) is 41.7 Å². The molecule has 11 heteroatoms. The molecule has 0 radical (unpaired) electrons. The molecule has 1 amide bonds. The van der Waals surface area contributed by atoms with E-state index in [1.165, 1.54) is 30.5 Å². The molecule has 33 heavy (non-hydrogen) atoms. The van der Waals surface area contributed by atoms with Gasteiger partial charge in [0.15, 0.2) is 0 Å². The summed E-state index contributed by atoms with van der Waals surface area (Å²) in [5.74, 6) is -0.523. The second-order valence-corrected chi connectivity index (χ2v) is 11.4. The summed E-state index contributed by atoms with van der Waals surface area (Å²) in [6.07, 6.45) is 5.79. The summed E-state index contributed by atoms with van der Waals surface area (Å²) in [7, 11) is -0.640. The number of likely N-dealkylation sites (N-methyl/N-ethyl adjacent to an activating group) is 1. The molecular formula is C22H24FN5O3S2. The molecule has 174 valence electrons. The van der Waals surface area contributed by atoms with Gasteiger partial charge in [-0.2, -0.15) is 22.5 Å². The molecular weight excluding hydrogens is 465 g/mol. The summed E-state index contributed by atoms with van der Waals surface area (Å²) < 4.78 is 45.1. The second kappa shape index (κ2) is 8.32. The minimum Gasteiger partial charge on any atom is -0.325 e. The number of aryl methyl sites for hydroxylation is 1. The number of nitrogens with zero attached hydrogens (tertiary/aromatic N) is 3. The third-order valence-corrected chi connectivity index (χ3v) is 8.95. The topological polar surface area (TPSA) is 96.3 Å². The van der Waals surface area contributed by atoms with Gasteiger partial charge in [0.2, 0.25) is 5.91 Å². The van der Waals surface area contributed by atoms with Crippen LogP contribution in [0.4, 0.5) is 10.1 Å². The number of halogens is 1. The fraction of sp³-hybridized carbons (Fsp3) is 0.364. The van der Waals surface area contributed by atoms with Crippen molar-refractivity contribution in [3.63, 3.8) is 0 Å². The average molecular weight is 490 g/mol. The first kappa shape index (κ1) is 22.2. The highest BCUT2D eigenvalue weighted by atomic mass is 32.2. The van der Waals surface area contributed by atoms with Crippen LogP contribution in [0.15, 0.2) is 42.7 Å². The van der Waals surface area contributed by atoms with Crippen LogP contribution < -0.4 is 10.0 Å². The fourth-order valence-corrected chi connectivity index (χ4v) is 6.48. The molecule has 3 aromatic rings. The molecule has 2 aromatic heterocycles. The maximum Gasteiger partial charge on any atom is 0.280 e. The lowest BCUT2D eigenvalue weighted by atomic mass is 10.0. The smallest absolute Gasteiger partial charge is 0.280 e. The number of rotatable bonds is 5. The number of hydrogen-bond acceptors (Lipinski definition) is 5. The Morgan fingerprint density at radius 3 is 2.73 bits per heavy atom. The van der Waals surface area contributed by atoms with Gasteiger partial charge in [-0.1, -0.05) is 0 Å². The highest BCUT2D eigenvalue weighted by Gasteiger charge is 2.41. The standard InChI is InChI=1S/C22H24FN5O3S2/c1-27-12-14(11-24-27)20-7-8-21(32-20)18-10-19(28(2)33(30,31)26-18)22(29)25-15-5-6-17(23)16(9-15)13-3-4-13/h5-9,11-13,18-19,26H,3-4,10H2,1-2H3,(H,25,29)/t18-,19+/m0/s1. The van der Waals surface area contributed by atoms with E-state index in [1.807, 2.05) is 25.4 Å². The van der Waals surface area contributed by atoms with Crippen LogP contribution in [-0.4, -0.2) is 41.5 Å². The van der Waals surface area contributed by atoms with Crippen molar-refractivity contribution < 1.29 is 17.6 Å². The van der Waals surface area contributed by atoms with Gasteiger partial charge in [0.1, 0.15) is 11.9 Å². The Hall–Kier alpha value is -2.60. The molecule has 0 unspecified atom stereocenters. The molecule has 1 saturated heterocycles. The largest absolute Gasteiger partial charge is 0.325 e. The highest BCUT2D eigenvalue weighted by Crippen LogP contribution is 2.42. The van der Waals surface area contributed by atoms with Gasteiger partial charge in [0.25, 0.3) is 10.2 Å². The average Bonchev–Trinajstić information content (AvgIpc) is 3.32. The Bertz CT molecular complexity index is 1320. The number of thiophene rings is 1. The van der Waals surface area contributed by atoms with Gasteiger partial charge in [-0.25, -0.2) is 4.39 Å². The predicted octanol–water partition coefficient (Wildman–Crippen LogP) is 3.38. The number of aromatic nitrogens is 2. The van der Waals surface area contributed by atoms with Crippen LogP contribution in [0, 0.1) is 5.82 Å². The quantitative estimate of drug-likeness (QED) is 0.574. The van der Waals surface area contributed by atoms with Crippen LogP contribution in [0.5, 0.6) is 0 Å². The molecule has 0 spiro atoms. The van der Waals surface area contributed by atoms with E-state index < -0.39 is 28.2 Å². The van der Waals surface area contributed by atoms with E-state index in [0.29, 0.717) is 11.3 Å². The molecule has 2 atom stereocenters. The fourth-order valence-electron chi connectivity index (χ4n) is 4.09. The maximum absolute atomic E-state index is 14.1. The number of hydrogen-bond donors (Lipinski definition) is 2. The van der Waals surface area contributed by atoms with Gasteiger partial charge >= 0.3 is 0 Å². The number of anilines is 1. The minimum atomic E-state index is -3.86. The number of benzene rings is 1. The lowest BCUT2D eigenvalue weighted by Gasteiger charge is -2.35. The van der Waals surface area contributed by atoms with Crippen molar-refractivity contribution in [3.8, 4) is 10.4 Å². The van der Waals surface area contributed by atoms with Crippen molar-refractivity contribution in [1.82, 2.24) is 18.8 Å². The van der Waals surface area contributed by atoms with E-state index in [2.05, 4.69) is 15.1 Å². The lowest BCUT2D eigenvalue weighted by Crippen LogP contribution is -2.55. The number of carbonyl (C=O) groups excluding carboxylic acids is 1. The third kappa shape index (κ3) is 4.45. The normalized spacial score (nSPS) is 22.9. The molecule has 1 saturated carbocycles. The van der Waals surface area contributed by atoms with E-state index >= 15 is 0 Å². The first-order valence-electron chi connectivity index (χ1n) is 10.7. The molecule has 1 aromatic carbocycles. The van der Waals surface area contributed by atoms with E-state index in [0.717, 1.165) is 32.5 Å². The predicted molar refractivity (Wildman–Crippen MR) is 124 cm³/mol. The van der Waals surface area contributed by atoms with E-state index in [-0.39, 0.29) is 18.2 Å². The van der Waals surface area contributed by atoms with Crippen LogP contribution in [0.2, 0.25) is 0 Å². The van der Waals surface area contributed by atoms with Crippen LogP contribution >= 0.6 is 11.3 Å². The molecule has 2 N–H and O–H groups in total. The molecule has 1 aliphatic heterocycles. The molecule has 0 bridgehead atoms. The number of amides is 1. The molecule has 5 rings (SSSR count). The Morgan fingerprint density at radius 1 is 1.24 bits per heavy atom. The van der Waals surface area contributed by atoms with E-state index in [4.69, 9.17) is 0 Å². The first-order chi connectivity index (χ1) is 15.7. The van der Waals surface area contributed by atoms with Gasteiger partial charge in [0.05, 0.1) is 12.2 Å². The number of nitrogens with one attached hydrogen (secondary N) is 2. The Kier molecular flexibility index (Phi) is 5.60. The van der Waals surface area contributed by atoms with E-state index in [1.54, 1.807) is 16.9 Å². The summed E-state index contributed by atoms with van der Waals surface area (Å²) in [5.41, 5.74) is 2.01. The summed E-state index contributed by atoms with van der Waals surface area (Å²) in [6, 6.07) is 6.87. The lowest BCUT2D eigenvalue weighted by molar-refractivity contribution is -0.120. The summed E-state index contributed by atoms with van der Waals surface area (Å²) >= 11 is 1.47. The van der Waals surface area contributed by atoms with Crippen LogP contribution in [0.3, 0.4) is 0 Å². The van der Waals surface area contributed by atoms with Gasteiger partial charge in [-0.05, 0) is 61.1 Å². The molecule has 1 aliphatic carbocycles. The van der Waals surface area contributed by atoms with Crippen molar-refractivity contribution in [2.24, 2.45) is 7.05 Å². The highest BCUT2D eigenvalue weighted by molar-refractivity contribution is 7.87. The van der Waals surface area contributed by atoms with Crippen molar-refractivity contribution in [2.75, 3.05) is 12.4 Å². The Balaban J connectivity index is 1.37.